The van der Waals surface area contributed by atoms with Gasteiger partial charge in [-0.1, -0.05) is 6.92 Å². The molecule has 1 N–H and O–H groups in total. The number of aliphatic hydroxyl groups is 1. The lowest BCUT2D eigenvalue weighted by Gasteiger charge is -2.46. The summed E-state index contributed by atoms with van der Waals surface area (Å²) >= 11 is 0. The van der Waals surface area contributed by atoms with Gasteiger partial charge in [0, 0.05) is 39.5 Å². The molecule has 0 aromatic heterocycles. The van der Waals surface area contributed by atoms with Crippen molar-refractivity contribution in [2.75, 3.05) is 13.7 Å². The Hall–Kier alpha value is -3.23. The van der Waals surface area contributed by atoms with Crippen molar-refractivity contribution in [3.63, 3.8) is 0 Å². The Morgan fingerprint density at radius 2 is 1.49 bits per heavy atom. The van der Waals surface area contributed by atoms with Crippen molar-refractivity contribution in [3.05, 3.63) is 11.8 Å². The monoisotopic (exact) mass is 558 g/mol. The lowest BCUT2D eigenvalue weighted by atomic mass is 9.83. The standard InChI is InChI=1S/C25H34O14/c1-10-17(30)7-15-16(23(31)32-6)8-34-24(19(10)15)39-25-22(37-14(5)29)21(36-13(4)28)20(35-12(3)27)18(38-25)9-33-11(2)26/h8,10,15,17-22,24-25,30H,7,9H2,1-6H3/t10-,15-,17+,18-,19-,20-,21+,22-,24?,25+/m1/s1. The Labute approximate surface area is 224 Å². The minimum Gasteiger partial charge on any atom is -0.472 e. The van der Waals surface area contributed by atoms with Crippen LogP contribution in [-0.4, -0.2) is 91.8 Å². The van der Waals surface area contributed by atoms with Gasteiger partial charge in [0.25, 0.3) is 0 Å². The molecule has 2 fully saturated rings. The molecular formula is C25H34O14. The Kier molecular flexibility index (Phi) is 9.91. The van der Waals surface area contributed by atoms with Gasteiger partial charge in [-0.15, -0.1) is 0 Å². The largest absolute Gasteiger partial charge is 0.472 e. The molecule has 0 aromatic carbocycles. The summed E-state index contributed by atoms with van der Waals surface area (Å²) in [5.41, 5.74) is 0.229. The second-order valence-electron chi connectivity index (χ2n) is 9.62. The number of aliphatic hydroxyl groups excluding tert-OH is 1. The van der Waals surface area contributed by atoms with Crippen LogP contribution in [0.1, 0.15) is 41.0 Å². The van der Waals surface area contributed by atoms with Gasteiger partial charge in [-0.3, -0.25) is 19.2 Å². The zero-order valence-corrected chi connectivity index (χ0v) is 22.5. The molecule has 3 aliphatic rings. The maximum atomic E-state index is 12.3. The highest BCUT2D eigenvalue weighted by molar-refractivity contribution is 5.89. The van der Waals surface area contributed by atoms with Crippen molar-refractivity contribution in [1.29, 1.82) is 0 Å². The van der Waals surface area contributed by atoms with E-state index in [2.05, 4.69) is 0 Å². The summed E-state index contributed by atoms with van der Waals surface area (Å²) in [4.78, 5) is 59.8. The number of esters is 5. The molecule has 14 heteroatoms. The SMILES string of the molecule is COC(=O)C1=COC(O[C@@H]2O[C@H](COC(C)=O)[C@@H](OC(C)=O)[C@H](OC(C)=O)[C@H]2OC(C)=O)[C@@H]2[C@H](C)[C@@H](O)C[C@H]12. The number of hydrogen-bond acceptors (Lipinski definition) is 14. The van der Waals surface area contributed by atoms with E-state index in [0.29, 0.717) is 0 Å². The van der Waals surface area contributed by atoms with Crippen LogP contribution in [0.25, 0.3) is 0 Å². The Morgan fingerprint density at radius 3 is 2.05 bits per heavy atom. The third-order valence-electron chi connectivity index (χ3n) is 6.85. The fraction of sp³-hybridized carbons (Fsp3) is 0.720. The molecule has 3 rings (SSSR count). The van der Waals surface area contributed by atoms with E-state index in [9.17, 15) is 29.1 Å². The number of ether oxygens (including phenoxy) is 8. The summed E-state index contributed by atoms with van der Waals surface area (Å²) in [5.74, 6) is -5.02. The van der Waals surface area contributed by atoms with Gasteiger partial charge in [-0.2, -0.15) is 0 Å². The van der Waals surface area contributed by atoms with Crippen LogP contribution in [0.4, 0.5) is 0 Å². The van der Waals surface area contributed by atoms with Crippen molar-refractivity contribution in [2.45, 2.75) is 84.1 Å². The summed E-state index contributed by atoms with van der Waals surface area (Å²) in [6.45, 7) is 5.85. The number of fused-ring (bicyclic) bond motifs is 1. The number of carbonyl (C=O) groups is 5. The average Bonchev–Trinajstić information content (AvgIpc) is 3.14. The average molecular weight is 559 g/mol. The molecule has 0 amide bonds. The molecule has 1 aliphatic carbocycles. The van der Waals surface area contributed by atoms with Gasteiger partial charge in [0.15, 0.2) is 18.3 Å². The van der Waals surface area contributed by atoms with Gasteiger partial charge in [-0.25, -0.2) is 4.79 Å². The first-order chi connectivity index (χ1) is 18.3. The molecule has 1 saturated carbocycles. The van der Waals surface area contributed by atoms with Gasteiger partial charge < -0.3 is 43.0 Å². The number of carbonyl (C=O) groups excluding carboxylic acids is 5. The van der Waals surface area contributed by atoms with Gasteiger partial charge >= 0.3 is 29.8 Å². The highest BCUT2D eigenvalue weighted by atomic mass is 16.8. The lowest BCUT2D eigenvalue weighted by molar-refractivity contribution is -0.345. The third-order valence-corrected chi connectivity index (χ3v) is 6.85. The molecule has 39 heavy (non-hydrogen) atoms. The van der Waals surface area contributed by atoms with E-state index in [-0.39, 0.29) is 17.9 Å². The van der Waals surface area contributed by atoms with Crippen LogP contribution >= 0.6 is 0 Å². The summed E-state index contributed by atoms with van der Waals surface area (Å²) in [5, 5.41) is 10.6. The van der Waals surface area contributed by atoms with Crippen molar-refractivity contribution < 1.29 is 67.0 Å². The first-order valence-corrected chi connectivity index (χ1v) is 12.4. The highest BCUT2D eigenvalue weighted by Crippen LogP contribution is 2.47. The third kappa shape index (κ3) is 7.05. The van der Waals surface area contributed by atoms with E-state index >= 15 is 0 Å². The van der Waals surface area contributed by atoms with Gasteiger partial charge in [0.2, 0.25) is 12.6 Å². The van der Waals surface area contributed by atoms with Crippen LogP contribution in [0.5, 0.6) is 0 Å². The maximum absolute atomic E-state index is 12.3. The molecule has 10 atom stereocenters. The highest BCUT2D eigenvalue weighted by Gasteiger charge is 2.56. The predicted molar refractivity (Wildman–Crippen MR) is 125 cm³/mol. The lowest BCUT2D eigenvalue weighted by Crippen LogP contribution is -2.63. The van der Waals surface area contributed by atoms with Crippen molar-refractivity contribution in [1.82, 2.24) is 0 Å². The number of methoxy groups -OCH3 is 1. The van der Waals surface area contributed by atoms with Gasteiger partial charge in [-0.05, 0) is 12.3 Å². The molecule has 14 nitrogen and oxygen atoms in total. The second-order valence-corrected chi connectivity index (χ2v) is 9.62. The Bertz CT molecular complexity index is 991. The smallest absolute Gasteiger partial charge is 0.337 e. The first kappa shape index (κ1) is 30.3. The molecule has 1 unspecified atom stereocenters. The van der Waals surface area contributed by atoms with Crippen LogP contribution in [0, 0.1) is 17.8 Å². The normalized spacial score (nSPS) is 35.4. The van der Waals surface area contributed by atoms with E-state index in [1.54, 1.807) is 6.92 Å². The van der Waals surface area contributed by atoms with Gasteiger partial charge in [0.05, 0.1) is 25.0 Å². The van der Waals surface area contributed by atoms with Crippen LogP contribution in [0.15, 0.2) is 11.8 Å². The molecule has 0 aromatic rings. The Balaban J connectivity index is 1.99. The quantitative estimate of drug-likeness (QED) is 0.314. The summed E-state index contributed by atoms with van der Waals surface area (Å²) in [7, 11) is 1.23. The van der Waals surface area contributed by atoms with E-state index in [4.69, 9.17) is 37.9 Å². The summed E-state index contributed by atoms with van der Waals surface area (Å²) < 4.78 is 44.0. The minimum atomic E-state index is -1.48. The van der Waals surface area contributed by atoms with E-state index in [0.717, 1.165) is 27.7 Å². The van der Waals surface area contributed by atoms with Crippen molar-refractivity contribution in [3.8, 4) is 0 Å². The second kappa shape index (κ2) is 12.7. The molecule has 1 saturated heterocycles. The summed E-state index contributed by atoms with van der Waals surface area (Å²) in [6, 6.07) is 0. The van der Waals surface area contributed by atoms with Crippen LogP contribution in [0.3, 0.4) is 0 Å². The molecule has 2 aliphatic heterocycles. The maximum Gasteiger partial charge on any atom is 0.337 e. The minimum absolute atomic E-state index is 0.229. The first-order valence-electron chi connectivity index (χ1n) is 12.4. The molecule has 2 heterocycles. The van der Waals surface area contributed by atoms with Crippen molar-refractivity contribution in [2.24, 2.45) is 17.8 Å². The predicted octanol–water partition coefficient (Wildman–Crippen LogP) is 0.132. The van der Waals surface area contributed by atoms with Crippen LogP contribution in [-0.2, 0) is 61.9 Å². The summed E-state index contributed by atoms with van der Waals surface area (Å²) in [6.07, 6.45) is -7.34. The van der Waals surface area contributed by atoms with Crippen LogP contribution < -0.4 is 0 Å². The number of hydrogen-bond donors (Lipinski definition) is 1. The van der Waals surface area contributed by atoms with E-state index < -0.39 is 91.4 Å². The number of rotatable bonds is 8. The Morgan fingerprint density at radius 1 is 0.897 bits per heavy atom. The van der Waals surface area contributed by atoms with Crippen molar-refractivity contribution >= 4 is 29.8 Å². The molecule has 218 valence electrons. The molecule has 0 radical (unpaired) electrons. The topological polar surface area (TPSA) is 179 Å². The zero-order chi connectivity index (χ0) is 29.0. The fourth-order valence-electron chi connectivity index (χ4n) is 5.22. The molecule has 0 bridgehead atoms. The fourth-order valence-corrected chi connectivity index (χ4v) is 5.22. The van der Waals surface area contributed by atoms with Gasteiger partial charge in [0.1, 0.15) is 12.7 Å². The molecule has 0 spiro atoms. The molecular weight excluding hydrogens is 524 g/mol. The van der Waals surface area contributed by atoms with E-state index in [1.807, 2.05) is 0 Å². The van der Waals surface area contributed by atoms with E-state index in [1.165, 1.54) is 13.4 Å². The zero-order valence-electron chi connectivity index (χ0n) is 22.5. The van der Waals surface area contributed by atoms with Crippen LogP contribution in [0.2, 0.25) is 0 Å².